The van der Waals surface area contributed by atoms with E-state index in [0.29, 0.717) is 18.2 Å². The summed E-state index contributed by atoms with van der Waals surface area (Å²) in [5.74, 6) is 0.755. The number of alkyl halides is 1. The van der Waals surface area contributed by atoms with Crippen LogP contribution in [0.1, 0.15) is 19.3 Å². The van der Waals surface area contributed by atoms with E-state index >= 15 is 0 Å². The molecule has 0 fully saturated rings. The van der Waals surface area contributed by atoms with Crippen molar-refractivity contribution in [2.45, 2.75) is 19.3 Å². The molecule has 0 atom stereocenters. The number of carbonyl (C=O) groups is 1. The number of unbranched alkanes of at least 4 members (excludes halogenated alkanes) is 1. The Kier molecular flexibility index (Phi) is 4.89. The van der Waals surface area contributed by atoms with Gasteiger partial charge in [-0.2, -0.15) is 4.98 Å². The number of nitrogens with one attached hydrogen (secondary N) is 2. The van der Waals surface area contributed by atoms with Crippen molar-refractivity contribution in [1.82, 2.24) is 15.2 Å². The summed E-state index contributed by atoms with van der Waals surface area (Å²) in [5, 5.41) is 8.79. The van der Waals surface area contributed by atoms with Crippen LogP contribution < -0.4 is 10.1 Å². The molecule has 6 nitrogen and oxygen atoms in total. The molecular weight excluding hydrogens is 220 g/mol. The van der Waals surface area contributed by atoms with Crippen molar-refractivity contribution in [3.8, 4) is 6.01 Å². The van der Waals surface area contributed by atoms with Gasteiger partial charge in [-0.3, -0.25) is 10.1 Å². The molecule has 84 valence electrons. The molecule has 0 unspecified atom stereocenters. The van der Waals surface area contributed by atoms with Crippen LogP contribution in [0.3, 0.4) is 0 Å². The Morgan fingerprint density at radius 2 is 2.40 bits per heavy atom. The molecule has 0 aliphatic rings. The average molecular weight is 233 g/mol. The lowest BCUT2D eigenvalue weighted by atomic mass is 10.2. The Hall–Kier alpha value is -1.30. The standard InChI is InChI=1S/C8H13ClN4O2/c1-15-8-11-7(12-13-8)10-6(14)4-2-3-5-9/h2-5H2,1H3,(H2,10,11,12,13,14). The first-order chi connectivity index (χ1) is 7.26. The van der Waals surface area contributed by atoms with Crippen molar-refractivity contribution in [3.05, 3.63) is 0 Å². The van der Waals surface area contributed by atoms with Gasteiger partial charge in [0.1, 0.15) is 0 Å². The van der Waals surface area contributed by atoms with Gasteiger partial charge >= 0.3 is 6.01 Å². The van der Waals surface area contributed by atoms with Crippen LogP contribution in [-0.2, 0) is 4.79 Å². The molecule has 1 amide bonds. The Bertz CT molecular complexity index is 315. The summed E-state index contributed by atoms with van der Waals surface area (Å²) in [6, 6.07) is 0.200. The summed E-state index contributed by atoms with van der Waals surface area (Å²) in [7, 11) is 1.45. The van der Waals surface area contributed by atoms with Gasteiger partial charge in [-0.15, -0.1) is 16.7 Å². The molecule has 1 rings (SSSR count). The lowest BCUT2D eigenvalue weighted by Gasteiger charge is -1.99. The molecule has 0 radical (unpaired) electrons. The fourth-order valence-electron chi connectivity index (χ4n) is 0.968. The van der Waals surface area contributed by atoms with Gasteiger partial charge in [-0.1, -0.05) is 0 Å². The van der Waals surface area contributed by atoms with Gasteiger partial charge in [0.05, 0.1) is 7.11 Å². The number of halogens is 1. The van der Waals surface area contributed by atoms with E-state index in [1.807, 2.05) is 0 Å². The summed E-state index contributed by atoms with van der Waals surface area (Å²) >= 11 is 5.49. The minimum atomic E-state index is -0.112. The van der Waals surface area contributed by atoms with Gasteiger partial charge in [0.15, 0.2) is 0 Å². The van der Waals surface area contributed by atoms with Gasteiger partial charge in [0.2, 0.25) is 11.9 Å². The summed E-state index contributed by atoms with van der Waals surface area (Å²) in [4.78, 5) is 15.2. The van der Waals surface area contributed by atoms with Crippen LogP contribution in [0, 0.1) is 0 Å². The molecule has 0 aliphatic carbocycles. The molecule has 0 bridgehead atoms. The van der Waals surface area contributed by atoms with E-state index in [2.05, 4.69) is 20.5 Å². The number of aromatic nitrogens is 3. The van der Waals surface area contributed by atoms with E-state index in [0.717, 1.165) is 12.8 Å². The zero-order valence-corrected chi connectivity index (χ0v) is 9.17. The topological polar surface area (TPSA) is 79.9 Å². The molecule has 1 aromatic rings. The number of aromatic amines is 1. The van der Waals surface area contributed by atoms with Crippen LogP contribution in [-0.4, -0.2) is 34.1 Å². The zero-order valence-electron chi connectivity index (χ0n) is 8.42. The first kappa shape index (κ1) is 11.8. The van der Waals surface area contributed by atoms with E-state index in [9.17, 15) is 4.79 Å². The number of hydrogen-bond donors (Lipinski definition) is 2. The second kappa shape index (κ2) is 6.23. The normalized spacial score (nSPS) is 10.0. The van der Waals surface area contributed by atoms with Crippen LogP contribution in [0.15, 0.2) is 0 Å². The first-order valence-corrected chi connectivity index (χ1v) is 5.12. The quantitative estimate of drug-likeness (QED) is 0.570. The SMILES string of the molecule is COc1n[nH]c(NC(=O)CCCCCl)n1. The Morgan fingerprint density at radius 3 is 3.00 bits per heavy atom. The molecule has 0 saturated heterocycles. The molecule has 1 heterocycles. The number of ether oxygens (including phenoxy) is 1. The van der Waals surface area contributed by atoms with Crippen LogP contribution in [0.25, 0.3) is 0 Å². The Balaban J connectivity index is 2.31. The summed E-state index contributed by atoms with van der Waals surface area (Å²) < 4.78 is 4.75. The fraction of sp³-hybridized carbons (Fsp3) is 0.625. The number of rotatable bonds is 6. The van der Waals surface area contributed by atoms with Gasteiger partial charge in [-0.25, -0.2) is 5.10 Å². The first-order valence-electron chi connectivity index (χ1n) is 4.58. The van der Waals surface area contributed by atoms with Crippen molar-refractivity contribution in [2.75, 3.05) is 18.3 Å². The molecule has 0 spiro atoms. The van der Waals surface area contributed by atoms with E-state index in [1.54, 1.807) is 0 Å². The third-order valence-electron chi connectivity index (χ3n) is 1.69. The van der Waals surface area contributed by atoms with Gasteiger partial charge in [-0.05, 0) is 12.8 Å². The van der Waals surface area contributed by atoms with Crippen molar-refractivity contribution < 1.29 is 9.53 Å². The minimum absolute atomic E-state index is 0.112. The molecule has 2 N–H and O–H groups in total. The highest BCUT2D eigenvalue weighted by molar-refractivity contribution is 6.17. The Labute approximate surface area is 92.4 Å². The summed E-state index contributed by atoms with van der Waals surface area (Å²) in [6.45, 7) is 0. The number of anilines is 1. The third-order valence-corrected chi connectivity index (χ3v) is 1.96. The van der Waals surface area contributed by atoms with Crippen molar-refractivity contribution in [1.29, 1.82) is 0 Å². The molecule has 15 heavy (non-hydrogen) atoms. The number of hydrogen-bond acceptors (Lipinski definition) is 4. The second-order valence-electron chi connectivity index (χ2n) is 2.86. The highest BCUT2D eigenvalue weighted by atomic mass is 35.5. The third kappa shape index (κ3) is 4.16. The molecule has 7 heteroatoms. The maximum atomic E-state index is 11.3. The number of nitrogens with zero attached hydrogens (tertiary/aromatic N) is 2. The van der Waals surface area contributed by atoms with Crippen molar-refractivity contribution >= 4 is 23.5 Å². The van der Waals surface area contributed by atoms with Crippen LogP contribution in [0.4, 0.5) is 5.95 Å². The van der Waals surface area contributed by atoms with Crippen LogP contribution in [0.5, 0.6) is 6.01 Å². The maximum Gasteiger partial charge on any atom is 0.336 e. The highest BCUT2D eigenvalue weighted by Gasteiger charge is 2.06. The Morgan fingerprint density at radius 1 is 1.60 bits per heavy atom. The number of methoxy groups -OCH3 is 1. The molecule has 0 aromatic carbocycles. The smallest absolute Gasteiger partial charge is 0.336 e. The largest absolute Gasteiger partial charge is 0.466 e. The minimum Gasteiger partial charge on any atom is -0.466 e. The predicted molar refractivity (Wildman–Crippen MR) is 56.1 cm³/mol. The van der Waals surface area contributed by atoms with E-state index in [-0.39, 0.29) is 11.9 Å². The van der Waals surface area contributed by atoms with Crippen molar-refractivity contribution in [2.24, 2.45) is 0 Å². The fourth-order valence-corrected chi connectivity index (χ4v) is 1.16. The number of amides is 1. The summed E-state index contributed by atoms with van der Waals surface area (Å²) in [6.07, 6.45) is 2.02. The van der Waals surface area contributed by atoms with E-state index in [4.69, 9.17) is 16.3 Å². The zero-order chi connectivity index (χ0) is 11.1. The second-order valence-corrected chi connectivity index (χ2v) is 3.24. The van der Waals surface area contributed by atoms with Crippen LogP contribution in [0.2, 0.25) is 0 Å². The molecule has 1 aromatic heterocycles. The maximum absolute atomic E-state index is 11.3. The number of H-pyrrole nitrogens is 1. The molecule has 0 saturated carbocycles. The predicted octanol–water partition coefficient (Wildman–Crippen LogP) is 1.16. The molecule has 0 aliphatic heterocycles. The lowest BCUT2D eigenvalue weighted by Crippen LogP contribution is -2.12. The van der Waals surface area contributed by atoms with E-state index in [1.165, 1.54) is 7.11 Å². The molecular formula is C8H13ClN4O2. The van der Waals surface area contributed by atoms with Crippen molar-refractivity contribution in [3.63, 3.8) is 0 Å². The lowest BCUT2D eigenvalue weighted by molar-refractivity contribution is -0.116. The van der Waals surface area contributed by atoms with Crippen LogP contribution >= 0.6 is 11.6 Å². The van der Waals surface area contributed by atoms with Gasteiger partial charge < -0.3 is 4.74 Å². The average Bonchev–Trinajstić information content (AvgIpc) is 2.66. The summed E-state index contributed by atoms with van der Waals surface area (Å²) in [5.41, 5.74) is 0. The van der Waals surface area contributed by atoms with Gasteiger partial charge in [0, 0.05) is 12.3 Å². The highest BCUT2D eigenvalue weighted by Crippen LogP contribution is 2.06. The van der Waals surface area contributed by atoms with E-state index < -0.39 is 0 Å². The van der Waals surface area contributed by atoms with Gasteiger partial charge in [0.25, 0.3) is 0 Å². The number of carbonyl (C=O) groups excluding carboxylic acids is 1. The monoisotopic (exact) mass is 232 g/mol.